The van der Waals surface area contributed by atoms with Crippen molar-refractivity contribution in [1.82, 2.24) is 5.32 Å². The number of carbonyl (C=O) groups is 3. The summed E-state index contributed by atoms with van der Waals surface area (Å²) >= 11 is 0. The van der Waals surface area contributed by atoms with Crippen molar-refractivity contribution in [3.05, 3.63) is 35.9 Å². The zero-order valence-electron chi connectivity index (χ0n) is 9.75. The standard InChI is InChI=1S/C12H13NO5/c1-8(14)12(17)18-10(15)7-13-11(16)9-5-3-2-4-6-9/h2-6,8,14H,7H2,1H3,(H,13,16)/t8-/m0/s1. The number of aliphatic hydroxyl groups excluding tert-OH is 1. The number of nitrogens with one attached hydrogen (secondary N) is 1. The van der Waals surface area contributed by atoms with Gasteiger partial charge in [0.1, 0.15) is 12.6 Å². The third-order valence-corrected chi connectivity index (χ3v) is 1.98. The van der Waals surface area contributed by atoms with Gasteiger partial charge in [-0.1, -0.05) is 18.2 Å². The van der Waals surface area contributed by atoms with E-state index in [1.807, 2.05) is 0 Å². The molecule has 2 N–H and O–H groups in total. The highest BCUT2D eigenvalue weighted by atomic mass is 16.6. The number of ether oxygens (including phenoxy) is 1. The SMILES string of the molecule is C[C@H](O)C(=O)OC(=O)CNC(=O)c1ccccc1. The van der Waals surface area contributed by atoms with E-state index < -0.39 is 30.5 Å². The van der Waals surface area contributed by atoms with Gasteiger partial charge in [0.2, 0.25) is 0 Å². The molecule has 0 bridgehead atoms. The number of aliphatic hydroxyl groups is 1. The van der Waals surface area contributed by atoms with Crippen LogP contribution in [-0.2, 0) is 14.3 Å². The van der Waals surface area contributed by atoms with Crippen LogP contribution in [0.2, 0.25) is 0 Å². The molecule has 0 fully saturated rings. The minimum atomic E-state index is -1.38. The predicted molar refractivity (Wildman–Crippen MR) is 61.6 cm³/mol. The summed E-state index contributed by atoms with van der Waals surface area (Å²) in [6, 6.07) is 8.30. The maximum absolute atomic E-state index is 11.5. The van der Waals surface area contributed by atoms with Crippen molar-refractivity contribution in [2.45, 2.75) is 13.0 Å². The predicted octanol–water partition coefficient (Wildman–Crippen LogP) is -0.133. The van der Waals surface area contributed by atoms with Crippen LogP contribution in [0.25, 0.3) is 0 Å². The molecule has 1 aromatic carbocycles. The van der Waals surface area contributed by atoms with E-state index in [2.05, 4.69) is 10.1 Å². The van der Waals surface area contributed by atoms with Crippen molar-refractivity contribution in [1.29, 1.82) is 0 Å². The van der Waals surface area contributed by atoms with Crippen LogP contribution in [0.4, 0.5) is 0 Å². The average Bonchev–Trinajstić information content (AvgIpc) is 2.36. The Bertz CT molecular complexity index is 441. The molecule has 0 saturated carbocycles. The molecule has 1 aromatic rings. The fourth-order valence-corrected chi connectivity index (χ4v) is 1.08. The summed E-state index contributed by atoms with van der Waals surface area (Å²) in [5.74, 6) is -2.42. The van der Waals surface area contributed by atoms with Crippen LogP contribution in [0.3, 0.4) is 0 Å². The van der Waals surface area contributed by atoms with E-state index in [1.165, 1.54) is 6.92 Å². The molecule has 0 radical (unpaired) electrons. The topological polar surface area (TPSA) is 92.7 Å². The molecule has 0 saturated heterocycles. The maximum Gasteiger partial charge on any atom is 0.342 e. The van der Waals surface area contributed by atoms with E-state index in [0.29, 0.717) is 5.56 Å². The third-order valence-electron chi connectivity index (χ3n) is 1.98. The molecule has 18 heavy (non-hydrogen) atoms. The van der Waals surface area contributed by atoms with Gasteiger partial charge in [-0.2, -0.15) is 0 Å². The number of hydrogen-bond acceptors (Lipinski definition) is 5. The zero-order valence-corrected chi connectivity index (χ0v) is 9.75. The van der Waals surface area contributed by atoms with Crippen LogP contribution in [-0.4, -0.2) is 35.6 Å². The van der Waals surface area contributed by atoms with Crippen LogP contribution in [0, 0.1) is 0 Å². The number of amides is 1. The summed E-state index contributed by atoms with van der Waals surface area (Å²) in [6.45, 7) is 0.740. The molecule has 0 aromatic heterocycles. The first-order chi connectivity index (χ1) is 8.50. The highest BCUT2D eigenvalue weighted by Crippen LogP contribution is 1.97. The fourth-order valence-electron chi connectivity index (χ4n) is 1.08. The summed E-state index contributed by atoms with van der Waals surface area (Å²) in [4.78, 5) is 33.5. The highest BCUT2D eigenvalue weighted by molar-refractivity contribution is 5.97. The van der Waals surface area contributed by atoms with Crippen molar-refractivity contribution in [2.24, 2.45) is 0 Å². The molecule has 1 amide bonds. The van der Waals surface area contributed by atoms with Gasteiger partial charge in [0.15, 0.2) is 0 Å². The molecule has 6 heteroatoms. The van der Waals surface area contributed by atoms with E-state index in [-0.39, 0.29) is 0 Å². The molecule has 1 atom stereocenters. The Labute approximate surface area is 104 Å². The number of hydrogen-bond donors (Lipinski definition) is 2. The molecule has 0 aliphatic carbocycles. The van der Waals surface area contributed by atoms with Gasteiger partial charge >= 0.3 is 11.9 Å². The van der Waals surface area contributed by atoms with E-state index >= 15 is 0 Å². The zero-order chi connectivity index (χ0) is 13.5. The molecule has 1 rings (SSSR count). The quantitative estimate of drug-likeness (QED) is 0.574. The first-order valence-corrected chi connectivity index (χ1v) is 5.26. The van der Waals surface area contributed by atoms with E-state index in [1.54, 1.807) is 30.3 Å². The van der Waals surface area contributed by atoms with Crippen molar-refractivity contribution in [3.63, 3.8) is 0 Å². The van der Waals surface area contributed by atoms with Crippen LogP contribution in [0.15, 0.2) is 30.3 Å². The summed E-state index contributed by atoms with van der Waals surface area (Å²) in [6.07, 6.45) is -1.38. The molecule has 0 unspecified atom stereocenters. The third kappa shape index (κ3) is 4.34. The largest absolute Gasteiger partial charge is 0.390 e. The summed E-state index contributed by atoms with van der Waals surface area (Å²) < 4.78 is 4.26. The van der Waals surface area contributed by atoms with E-state index in [9.17, 15) is 14.4 Å². The lowest BCUT2D eigenvalue weighted by molar-refractivity contribution is -0.164. The van der Waals surface area contributed by atoms with Gasteiger partial charge in [0.25, 0.3) is 5.91 Å². The van der Waals surface area contributed by atoms with Crippen LogP contribution < -0.4 is 5.32 Å². The van der Waals surface area contributed by atoms with Gasteiger partial charge in [-0.25, -0.2) is 9.59 Å². The van der Waals surface area contributed by atoms with Crippen LogP contribution in [0.1, 0.15) is 17.3 Å². The Balaban J connectivity index is 2.40. The first-order valence-electron chi connectivity index (χ1n) is 5.26. The minimum Gasteiger partial charge on any atom is -0.390 e. The Hall–Kier alpha value is -2.21. The van der Waals surface area contributed by atoms with Crippen molar-refractivity contribution in [2.75, 3.05) is 6.54 Å². The van der Waals surface area contributed by atoms with Gasteiger partial charge in [-0.15, -0.1) is 0 Å². The number of carbonyl (C=O) groups excluding carboxylic acids is 3. The second-order valence-electron chi connectivity index (χ2n) is 3.52. The van der Waals surface area contributed by atoms with Gasteiger partial charge in [-0.05, 0) is 19.1 Å². The molecule has 0 heterocycles. The van der Waals surface area contributed by atoms with Gasteiger partial charge in [0, 0.05) is 5.56 Å². The maximum atomic E-state index is 11.5. The molecular weight excluding hydrogens is 238 g/mol. The Morgan fingerprint density at radius 1 is 1.28 bits per heavy atom. The van der Waals surface area contributed by atoms with Gasteiger partial charge in [-0.3, -0.25) is 4.79 Å². The molecule has 0 spiro atoms. The minimum absolute atomic E-state index is 0.396. The van der Waals surface area contributed by atoms with Crippen molar-refractivity contribution in [3.8, 4) is 0 Å². The highest BCUT2D eigenvalue weighted by Gasteiger charge is 2.16. The molecule has 6 nitrogen and oxygen atoms in total. The summed E-state index contributed by atoms with van der Waals surface area (Å²) in [7, 11) is 0. The monoisotopic (exact) mass is 251 g/mol. The smallest absolute Gasteiger partial charge is 0.342 e. The summed E-state index contributed by atoms with van der Waals surface area (Å²) in [5.41, 5.74) is 0.396. The first kappa shape index (κ1) is 13.9. The molecule has 0 aliphatic rings. The molecular formula is C12H13NO5. The van der Waals surface area contributed by atoms with Gasteiger partial charge < -0.3 is 15.2 Å². The lowest BCUT2D eigenvalue weighted by Crippen LogP contribution is -2.33. The van der Waals surface area contributed by atoms with E-state index in [0.717, 1.165) is 0 Å². The Kier molecular flexibility index (Phi) is 5.01. The summed E-state index contributed by atoms with van der Waals surface area (Å²) in [5, 5.41) is 11.1. The van der Waals surface area contributed by atoms with Gasteiger partial charge in [0.05, 0.1) is 0 Å². The second kappa shape index (κ2) is 6.51. The van der Waals surface area contributed by atoms with Crippen LogP contribution >= 0.6 is 0 Å². The van der Waals surface area contributed by atoms with Crippen molar-refractivity contribution < 1.29 is 24.2 Å². The average molecular weight is 251 g/mol. The molecule has 96 valence electrons. The lowest BCUT2D eigenvalue weighted by Gasteiger charge is -2.06. The number of esters is 2. The fraction of sp³-hybridized carbons (Fsp3) is 0.250. The lowest BCUT2D eigenvalue weighted by atomic mass is 10.2. The Morgan fingerprint density at radius 2 is 1.89 bits per heavy atom. The molecule has 0 aliphatic heterocycles. The number of rotatable bonds is 4. The normalized spacial score (nSPS) is 11.4. The van der Waals surface area contributed by atoms with Crippen molar-refractivity contribution >= 4 is 17.8 Å². The Morgan fingerprint density at radius 3 is 2.44 bits per heavy atom. The second-order valence-corrected chi connectivity index (χ2v) is 3.52. The number of benzene rings is 1. The van der Waals surface area contributed by atoms with E-state index in [4.69, 9.17) is 5.11 Å². The van der Waals surface area contributed by atoms with Crippen LogP contribution in [0.5, 0.6) is 0 Å².